The molecule has 0 saturated carbocycles. The molecule has 0 fully saturated rings. The van der Waals surface area contributed by atoms with Crippen molar-refractivity contribution in [3.8, 4) is 5.75 Å². The van der Waals surface area contributed by atoms with E-state index in [2.05, 4.69) is 5.32 Å². The van der Waals surface area contributed by atoms with Gasteiger partial charge >= 0.3 is 0 Å². The van der Waals surface area contributed by atoms with Gasteiger partial charge in [-0.2, -0.15) is 0 Å². The van der Waals surface area contributed by atoms with Crippen molar-refractivity contribution in [2.24, 2.45) is 0 Å². The van der Waals surface area contributed by atoms with Crippen molar-refractivity contribution in [2.75, 3.05) is 5.32 Å². The summed E-state index contributed by atoms with van der Waals surface area (Å²) in [4.78, 5) is 23.5. The van der Waals surface area contributed by atoms with Gasteiger partial charge in [0.05, 0.1) is 0 Å². The number of carbonyl (C=O) groups excluding carboxylic acids is 2. The first-order chi connectivity index (χ1) is 12.5. The molecule has 1 amide bonds. The normalized spacial score (nSPS) is 10.4. The highest BCUT2D eigenvalue weighted by Crippen LogP contribution is 2.17. The lowest BCUT2D eigenvalue weighted by Crippen LogP contribution is -2.11. The average molecular weight is 349 g/mol. The maximum absolute atomic E-state index is 12.2. The molecule has 1 heterocycles. The first-order valence-electron chi connectivity index (χ1n) is 8.22. The van der Waals surface area contributed by atoms with E-state index < -0.39 is 0 Å². The predicted molar refractivity (Wildman–Crippen MR) is 98.6 cm³/mol. The Morgan fingerprint density at radius 2 is 1.65 bits per heavy atom. The third-order valence-electron chi connectivity index (χ3n) is 3.84. The van der Waals surface area contributed by atoms with Gasteiger partial charge in [-0.05, 0) is 62.4 Å². The SMILES string of the molecule is CC(=O)c1ccc(NC(=O)c2ccc(COc3ccc(C)cc3)o2)cc1. The van der Waals surface area contributed by atoms with Crippen LogP contribution in [0.2, 0.25) is 0 Å². The fourth-order valence-corrected chi connectivity index (χ4v) is 2.35. The molecule has 1 N–H and O–H groups in total. The van der Waals surface area contributed by atoms with Gasteiger partial charge in [0.1, 0.15) is 18.1 Å². The molecule has 132 valence electrons. The Morgan fingerprint density at radius 1 is 0.962 bits per heavy atom. The number of amides is 1. The van der Waals surface area contributed by atoms with Crippen LogP contribution in [0.1, 0.15) is 39.2 Å². The number of benzene rings is 2. The molecule has 3 aromatic rings. The number of ether oxygens (including phenoxy) is 1. The fraction of sp³-hybridized carbons (Fsp3) is 0.143. The molecule has 0 aliphatic heterocycles. The van der Waals surface area contributed by atoms with Crippen LogP contribution in [0, 0.1) is 6.92 Å². The van der Waals surface area contributed by atoms with Gasteiger partial charge in [0, 0.05) is 11.3 Å². The molecule has 0 bridgehead atoms. The molecule has 0 saturated heterocycles. The maximum Gasteiger partial charge on any atom is 0.291 e. The zero-order valence-electron chi connectivity index (χ0n) is 14.6. The maximum atomic E-state index is 12.2. The number of anilines is 1. The third kappa shape index (κ3) is 4.39. The van der Waals surface area contributed by atoms with Gasteiger partial charge < -0.3 is 14.5 Å². The second kappa shape index (κ2) is 7.70. The molecular weight excluding hydrogens is 330 g/mol. The quantitative estimate of drug-likeness (QED) is 0.659. The molecule has 0 aliphatic carbocycles. The summed E-state index contributed by atoms with van der Waals surface area (Å²) in [5, 5.41) is 2.73. The van der Waals surface area contributed by atoms with Crippen LogP contribution in [0.25, 0.3) is 0 Å². The van der Waals surface area contributed by atoms with E-state index in [0.717, 1.165) is 11.3 Å². The first kappa shape index (κ1) is 17.5. The van der Waals surface area contributed by atoms with Crippen molar-refractivity contribution in [1.82, 2.24) is 0 Å². The lowest BCUT2D eigenvalue weighted by Gasteiger charge is -2.05. The number of nitrogens with one attached hydrogen (secondary N) is 1. The lowest BCUT2D eigenvalue weighted by molar-refractivity contribution is 0.0990. The Hall–Kier alpha value is -3.34. The van der Waals surface area contributed by atoms with Crippen molar-refractivity contribution >= 4 is 17.4 Å². The second-order valence-electron chi connectivity index (χ2n) is 5.96. The number of aryl methyl sites for hydroxylation is 1. The minimum absolute atomic E-state index is 0.0212. The summed E-state index contributed by atoms with van der Waals surface area (Å²) in [5.41, 5.74) is 2.34. The van der Waals surface area contributed by atoms with E-state index in [1.165, 1.54) is 6.92 Å². The summed E-state index contributed by atoms with van der Waals surface area (Å²) in [6.45, 7) is 3.75. The van der Waals surface area contributed by atoms with Gasteiger partial charge in [-0.1, -0.05) is 17.7 Å². The predicted octanol–water partition coefficient (Wildman–Crippen LogP) is 4.62. The Morgan fingerprint density at radius 3 is 2.31 bits per heavy atom. The van der Waals surface area contributed by atoms with Crippen LogP contribution in [0.5, 0.6) is 5.75 Å². The molecule has 2 aromatic carbocycles. The van der Waals surface area contributed by atoms with E-state index in [0.29, 0.717) is 17.0 Å². The molecule has 0 aliphatic rings. The van der Waals surface area contributed by atoms with E-state index in [-0.39, 0.29) is 24.1 Å². The van der Waals surface area contributed by atoms with Gasteiger partial charge in [-0.3, -0.25) is 9.59 Å². The second-order valence-corrected chi connectivity index (χ2v) is 5.96. The Labute approximate surface area is 151 Å². The van der Waals surface area contributed by atoms with Crippen LogP contribution >= 0.6 is 0 Å². The molecule has 0 unspecified atom stereocenters. The van der Waals surface area contributed by atoms with E-state index in [4.69, 9.17) is 9.15 Å². The zero-order valence-corrected chi connectivity index (χ0v) is 14.6. The fourth-order valence-electron chi connectivity index (χ4n) is 2.35. The van der Waals surface area contributed by atoms with Crippen LogP contribution in [0.15, 0.2) is 65.1 Å². The minimum atomic E-state index is -0.359. The van der Waals surface area contributed by atoms with Crippen LogP contribution in [-0.2, 0) is 6.61 Å². The molecule has 5 nitrogen and oxygen atoms in total. The van der Waals surface area contributed by atoms with Crippen LogP contribution in [0.4, 0.5) is 5.69 Å². The molecule has 0 spiro atoms. The van der Waals surface area contributed by atoms with Gasteiger partial charge in [-0.25, -0.2) is 0 Å². The number of hydrogen-bond donors (Lipinski definition) is 1. The largest absolute Gasteiger partial charge is 0.486 e. The molecule has 26 heavy (non-hydrogen) atoms. The standard InChI is InChI=1S/C21H19NO4/c1-14-3-9-18(10-4-14)25-13-19-11-12-20(26-19)21(24)22-17-7-5-16(6-8-17)15(2)23/h3-12H,13H2,1-2H3,(H,22,24). The molecule has 3 rings (SSSR count). The van der Waals surface area contributed by atoms with E-state index >= 15 is 0 Å². The third-order valence-corrected chi connectivity index (χ3v) is 3.84. The van der Waals surface area contributed by atoms with Crippen molar-refractivity contribution in [1.29, 1.82) is 0 Å². The number of carbonyl (C=O) groups is 2. The van der Waals surface area contributed by atoms with Gasteiger partial charge in [-0.15, -0.1) is 0 Å². The Bertz CT molecular complexity index is 908. The van der Waals surface area contributed by atoms with Crippen LogP contribution in [0.3, 0.4) is 0 Å². The monoisotopic (exact) mass is 349 g/mol. The van der Waals surface area contributed by atoms with Crippen molar-refractivity contribution in [3.63, 3.8) is 0 Å². The topological polar surface area (TPSA) is 68.5 Å². The summed E-state index contributed by atoms with van der Waals surface area (Å²) in [5.74, 6) is 1.11. The summed E-state index contributed by atoms with van der Waals surface area (Å²) in [6.07, 6.45) is 0. The van der Waals surface area contributed by atoms with Crippen molar-refractivity contribution in [2.45, 2.75) is 20.5 Å². The Balaban J connectivity index is 1.58. The van der Waals surface area contributed by atoms with E-state index in [9.17, 15) is 9.59 Å². The number of hydrogen-bond acceptors (Lipinski definition) is 4. The van der Waals surface area contributed by atoms with Crippen molar-refractivity contribution in [3.05, 3.63) is 83.3 Å². The highest BCUT2D eigenvalue weighted by atomic mass is 16.5. The Kier molecular flexibility index (Phi) is 5.17. The first-order valence-corrected chi connectivity index (χ1v) is 8.22. The van der Waals surface area contributed by atoms with Gasteiger partial charge in [0.25, 0.3) is 5.91 Å². The van der Waals surface area contributed by atoms with E-state index in [1.54, 1.807) is 36.4 Å². The van der Waals surface area contributed by atoms with Crippen LogP contribution < -0.4 is 10.1 Å². The zero-order chi connectivity index (χ0) is 18.5. The highest BCUT2D eigenvalue weighted by Gasteiger charge is 2.12. The minimum Gasteiger partial charge on any atom is -0.486 e. The van der Waals surface area contributed by atoms with Crippen LogP contribution in [-0.4, -0.2) is 11.7 Å². The molecule has 1 aromatic heterocycles. The molecule has 0 atom stereocenters. The summed E-state index contributed by atoms with van der Waals surface area (Å²) < 4.78 is 11.2. The van der Waals surface area contributed by atoms with E-state index in [1.807, 2.05) is 31.2 Å². The number of ketones is 1. The summed E-state index contributed by atoms with van der Waals surface area (Å²) in [6, 6.07) is 17.7. The molecule has 0 radical (unpaired) electrons. The highest BCUT2D eigenvalue weighted by molar-refractivity contribution is 6.02. The number of Topliss-reactive ketones (excluding diaryl/α,β-unsaturated/α-hetero) is 1. The molecular formula is C21H19NO4. The number of furan rings is 1. The van der Waals surface area contributed by atoms with Crippen molar-refractivity contribution < 1.29 is 18.7 Å². The lowest BCUT2D eigenvalue weighted by atomic mass is 10.1. The molecule has 5 heteroatoms. The average Bonchev–Trinajstić information content (AvgIpc) is 3.11. The smallest absolute Gasteiger partial charge is 0.291 e. The number of rotatable bonds is 6. The van der Waals surface area contributed by atoms with Gasteiger partial charge in [0.15, 0.2) is 11.5 Å². The summed E-state index contributed by atoms with van der Waals surface area (Å²) >= 11 is 0. The van der Waals surface area contributed by atoms with Gasteiger partial charge in [0.2, 0.25) is 0 Å². The summed E-state index contributed by atoms with van der Waals surface area (Å²) in [7, 11) is 0.